The van der Waals surface area contributed by atoms with Crippen LogP contribution < -0.4 is 5.73 Å². The van der Waals surface area contributed by atoms with Crippen molar-refractivity contribution in [2.24, 2.45) is 0 Å². The van der Waals surface area contributed by atoms with Crippen LogP contribution in [0, 0.1) is 12.7 Å². The van der Waals surface area contributed by atoms with Gasteiger partial charge in [-0.2, -0.15) is 13.2 Å². The van der Waals surface area contributed by atoms with Crippen molar-refractivity contribution in [3.8, 4) is 0 Å². The highest BCUT2D eigenvalue weighted by Gasteiger charge is 2.33. The van der Waals surface area contributed by atoms with Crippen LogP contribution in [0.5, 0.6) is 0 Å². The van der Waals surface area contributed by atoms with Crippen molar-refractivity contribution in [1.82, 2.24) is 4.90 Å². The van der Waals surface area contributed by atoms with E-state index in [-0.39, 0.29) is 17.8 Å². The molecule has 106 valence electrons. The largest absolute Gasteiger partial charge is 0.406 e. The van der Waals surface area contributed by atoms with Crippen LogP contribution >= 0.6 is 0 Å². The summed E-state index contributed by atoms with van der Waals surface area (Å²) < 4.78 is 50.7. The molecule has 0 saturated heterocycles. The summed E-state index contributed by atoms with van der Waals surface area (Å²) in [4.78, 5) is 12.4. The SMILES string of the molecule is CCN(CC(F)(F)F)C(=O)c1cc(N)cc(C)c1F. The second kappa shape index (κ2) is 5.46. The molecule has 0 unspecified atom stereocenters. The van der Waals surface area contributed by atoms with Gasteiger partial charge in [-0.1, -0.05) is 0 Å². The third-order valence-corrected chi connectivity index (χ3v) is 2.55. The molecule has 0 aromatic heterocycles. The number of carbonyl (C=O) groups is 1. The lowest BCUT2D eigenvalue weighted by atomic mass is 10.1. The number of carbonyl (C=O) groups excluding carboxylic acids is 1. The van der Waals surface area contributed by atoms with E-state index in [0.29, 0.717) is 4.90 Å². The van der Waals surface area contributed by atoms with Crippen LogP contribution in [0.1, 0.15) is 22.8 Å². The zero-order valence-electron chi connectivity index (χ0n) is 10.5. The molecule has 1 rings (SSSR count). The van der Waals surface area contributed by atoms with E-state index in [9.17, 15) is 22.4 Å². The van der Waals surface area contributed by atoms with Crippen molar-refractivity contribution in [3.05, 3.63) is 29.1 Å². The lowest BCUT2D eigenvalue weighted by molar-refractivity contribution is -0.140. The van der Waals surface area contributed by atoms with Gasteiger partial charge in [-0.05, 0) is 31.5 Å². The Morgan fingerprint density at radius 3 is 2.42 bits per heavy atom. The maximum atomic E-state index is 13.8. The number of aryl methyl sites for hydroxylation is 1. The Hall–Kier alpha value is -1.79. The van der Waals surface area contributed by atoms with Gasteiger partial charge in [-0.3, -0.25) is 4.79 Å². The summed E-state index contributed by atoms with van der Waals surface area (Å²) in [6.07, 6.45) is -4.53. The summed E-state index contributed by atoms with van der Waals surface area (Å²) in [5.41, 5.74) is 5.28. The van der Waals surface area contributed by atoms with Crippen LogP contribution in [0.3, 0.4) is 0 Å². The number of hydrogen-bond acceptors (Lipinski definition) is 2. The predicted molar refractivity (Wildman–Crippen MR) is 63.2 cm³/mol. The van der Waals surface area contributed by atoms with Gasteiger partial charge in [0.15, 0.2) is 0 Å². The highest BCUT2D eigenvalue weighted by Crippen LogP contribution is 2.22. The molecule has 3 nitrogen and oxygen atoms in total. The van der Waals surface area contributed by atoms with Crippen LogP contribution in [0.4, 0.5) is 23.2 Å². The van der Waals surface area contributed by atoms with Gasteiger partial charge in [-0.15, -0.1) is 0 Å². The number of nitrogen functional groups attached to an aromatic ring is 1. The smallest absolute Gasteiger partial charge is 0.399 e. The minimum Gasteiger partial charge on any atom is -0.399 e. The highest BCUT2D eigenvalue weighted by molar-refractivity contribution is 5.95. The maximum Gasteiger partial charge on any atom is 0.406 e. The summed E-state index contributed by atoms with van der Waals surface area (Å²) in [6.45, 7) is 1.18. The van der Waals surface area contributed by atoms with Crippen molar-refractivity contribution in [2.45, 2.75) is 20.0 Å². The minimum atomic E-state index is -4.53. The summed E-state index contributed by atoms with van der Waals surface area (Å²) in [5, 5.41) is 0. The van der Waals surface area contributed by atoms with Crippen molar-refractivity contribution in [1.29, 1.82) is 0 Å². The molecule has 1 aromatic carbocycles. The first kappa shape index (κ1) is 15.3. The first-order chi connectivity index (χ1) is 8.65. The Balaban J connectivity index is 3.11. The molecule has 0 fully saturated rings. The number of benzene rings is 1. The van der Waals surface area contributed by atoms with Gasteiger partial charge < -0.3 is 10.6 Å². The molecule has 0 aliphatic heterocycles. The van der Waals surface area contributed by atoms with E-state index in [0.717, 1.165) is 6.07 Å². The van der Waals surface area contributed by atoms with Crippen molar-refractivity contribution >= 4 is 11.6 Å². The first-order valence-electron chi connectivity index (χ1n) is 5.57. The van der Waals surface area contributed by atoms with E-state index in [1.54, 1.807) is 0 Å². The first-order valence-corrected chi connectivity index (χ1v) is 5.57. The number of anilines is 1. The second-order valence-corrected chi connectivity index (χ2v) is 4.13. The summed E-state index contributed by atoms with van der Waals surface area (Å²) in [5.74, 6) is -1.87. The molecule has 1 amide bonds. The zero-order chi connectivity index (χ0) is 14.8. The van der Waals surface area contributed by atoms with Crippen molar-refractivity contribution in [3.63, 3.8) is 0 Å². The summed E-state index contributed by atoms with van der Waals surface area (Å²) in [6, 6.07) is 2.36. The summed E-state index contributed by atoms with van der Waals surface area (Å²) in [7, 11) is 0. The predicted octanol–water partition coefficient (Wildman–Crippen LogP) is 2.74. The van der Waals surface area contributed by atoms with E-state index >= 15 is 0 Å². The van der Waals surface area contributed by atoms with E-state index < -0.39 is 30.0 Å². The van der Waals surface area contributed by atoms with Gasteiger partial charge in [0.25, 0.3) is 5.91 Å². The minimum absolute atomic E-state index is 0.117. The van der Waals surface area contributed by atoms with Gasteiger partial charge in [0.05, 0.1) is 5.56 Å². The van der Waals surface area contributed by atoms with Gasteiger partial charge in [0.2, 0.25) is 0 Å². The Morgan fingerprint density at radius 2 is 1.95 bits per heavy atom. The van der Waals surface area contributed by atoms with Crippen molar-refractivity contribution < 1.29 is 22.4 Å². The van der Waals surface area contributed by atoms with Crippen LogP contribution in [-0.4, -0.2) is 30.1 Å². The Labute approximate surface area is 108 Å². The van der Waals surface area contributed by atoms with Crippen LogP contribution in [0.25, 0.3) is 0 Å². The monoisotopic (exact) mass is 278 g/mol. The van der Waals surface area contributed by atoms with Gasteiger partial charge in [0, 0.05) is 12.2 Å². The number of hydrogen-bond donors (Lipinski definition) is 1. The maximum absolute atomic E-state index is 13.8. The average molecular weight is 278 g/mol. The third kappa shape index (κ3) is 3.84. The summed E-state index contributed by atoms with van der Waals surface area (Å²) >= 11 is 0. The van der Waals surface area contributed by atoms with Crippen LogP contribution in [0.2, 0.25) is 0 Å². The van der Waals surface area contributed by atoms with E-state index in [1.807, 2.05) is 0 Å². The van der Waals surface area contributed by atoms with Gasteiger partial charge in [-0.25, -0.2) is 4.39 Å². The number of nitrogens with two attached hydrogens (primary N) is 1. The topological polar surface area (TPSA) is 46.3 Å². The molecule has 7 heteroatoms. The number of halogens is 4. The molecule has 0 aliphatic rings. The number of alkyl halides is 3. The standard InChI is InChI=1S/C12H14F4N2O/c1-3-18(6-12(14,15)16)11(19)9-5-8(17)4-7(2)10(9)13/h4-5H,3,6,17H2,1-2H3. The average Bonchev–Trinajstić information content (AvgIpc) is 2.28. The highest BCUT2D eigenvalue weighted by atomic mass is 19.4. The quantitative estimate of drug-likeness (QED) is 0.682. The molecule has 0 spiro atoms. The molecule has 0 bridgehead atoms. The number of nitrogens with zero attached hydrogens (tertiary/aromatic N) is 1. The lowest BCUT2D eigenvalue weighted by Gasteiger charge is -2.23. The molecule has 0 radical (unpaired) electrons. The fraction of sp³-hybridized carbons (Fsp3) is 0.417. The molecule has 0 atom stereocenters. The Bertz CT molecular complexity index is 485. The second-order valence-electron chi connectivity index (χ2n) is 4.13. The van der Waals surface area contributed by atoms with E-state index in [2.05, 4.69) is 0 Å². The molecular formula is C12H14F4N2O. The molecule has 0 saturated carbocycles. The third-order valence-electron chi connectivity index (χ3n) is 2.55. The molecule has 2 N–H and O–H groups in total. The van der Waals surface area contributed by atoms with E-state index in [1.165, 1.54) is 19.9 Å². The molecular weight excluding hydrogens is 264 g/mol. The van der Waals surface area contributed by atoms with Crippen LogP contribution in [0.15, 0.2) is 12.1 Å². The molecule has 19 heavy (non-hydrogen) atoms. The van der Waals surface area contributed by atoms with Crippen LogP contribution in [-0.2, 0) is 0 Å². The fourth-order valence-electron chi connectivity index (χ4n) is 1.67. The molecule has 0 aliphatic carbocycles. The molecule has 0 heterocycles. The number of rotatable bonds is 3. The van der Waals surface area contributed by atoms with Gasteiger partial charge >= 0.3 is 6.18 Å². The normalized spacial score (nSPS) is 11.5. The van der Waals surface area contributed by atoms with E-state index in [4.69, 9.17) is 5.73 Å². The number of amides is 1. The zero-order valence-corrected chi connectivity index (χ0v) is 10.5. The fourth-order valence-corrected chi connectivity index (χ4v) is 1.67. The van der Waals surface area contributed by atoms with Crippen molar-refractivity contribution in [2.75, 3.05) is 18.8 Å². The lowest BCUT2D eigenvalue weighted by Crippen LogP contribution is -2.39. The Morgan fingerprint density at radius 1 is 1.37 bits per heavy atom. The Kier molecular flexibility index (Phi) is 4.39. The van der Waals surface area contributed by atoms with Gasteiger partial charge in [0.1, 0.15) is 12.4 Å². The molecule has 1 aromatic rings.